The Morgan fingerprint density at radius 3 is 2.53 bits per heavy atom. The first-order chi connectivity index (χ1) is 9.17. The van der Waals surface area contributed by atoms with Crippen LogP contribution in [0.2, 0.25) is 0 Å². The van der Waals surface area contributed by atoms with Gasteiger partial charge in [-0.1, -0.05) is 30.3 Å². The fourth-order valence-corrected chi connectivity index (χ4v) is 2.25. The van der Waals surface area contributed by atoms with Crippen LogP contribution in [0.4, 0.5) is 5.69 Å². The molecule has 0 aliphatic rings. The van der Waals surface area contributed by atoms with E-state index in [0.29, 0.717) is 0 Å². The summed E-state index contributed by atoms with van der Waals surface area (Å²) in [6.45, 7) is 2.07. The zero-order chi connectivity index (χ0) is 13.8. The van der Waals surface area contributed by atoms with Gasteiger partial charge in [-0.3, -0.25) is 0 Å². The Labute approximate surface area is 114 Å². The number of nitrogens with two attached hydrogens (primary N) is 1. The van der Waals surface area contributed by atoms with E-state index in [2.05, 4.69) is 30.4 Å². The van der Waals surface area contributed by atoms with Gasteiger partial charge in [-0.05, 0) is 30.2 Å². The van der Waals surface area contributed by atoms with Gasteiger partial charge in [0.05, 0.1) is 13.2 Å². The van der Waals surface area contributed by atoms with Crippen molar-refractivity contribution in [2.75, 3.05) is 19.5 Å². The summed E-state index contributed by atoms with van der Waals surface area (Å²) in [5.41, 5.74) is 10.7. The number of methoxy groups -OCH3 is 1. The molecule has 0 saturated heterocycles. The average Bonchev–Trinajstić information content (AvgIpc) is 2.46. The van der Waals surface area contributed by atoms with Gasteiger partial charge in [0.25, 0.3) is 0 Å². The molecule has 19 heavy (non-hydrogen) atoms. The fraction of sp³-hybridized carbons (Fsp3) is 0.250. The monoisotopic (exact) mass is 256 g/mol. The molecule has 2 aromatic rings. The highest BCUT2D eigenvalue weighted by Crippen LogP contribution is 2.32. The molecule has 0 aliphatic carbocycles. The Kier molecular flexibility index (Phi) is 4.07. The number of hydrogen-bond donors (Lipinski definition) is 2. The molecule has 0 aromatic heterocycles. The zero-order valence-corrected chi connectivity index (χ0v) is 11.6. The highest BCUT2D eigenvalue weighted by Gasteiger charge is 2.16. The number of aryl methyl sites for hydroxylation is 1. The Morgan fingerprint density at radius 1 is 1.11 bits per heavy atom. The molecule has 0 amide bonds. The minimum atomic E-state index is -0.209. The fourth-order valence-electron chi connectivity index (χ4n) is 2.25. The van der Waals surface area contributed by atoms with Crippen LogP contribution in [0.15, 0.2) is 42.5 Å². The van der Waals surface area contributed by atoms with Crippen LogP contribution < -0.4 is 15.8 Å². The SMILES string of the molecule is CNc1cc(C)ccc1C(N)c1ccccc1OC. The molecule has 0 spiro atoms. The summed E-state index contributed by atoms with van der Waals surface area (Å²) in [5, 5.41) is 3.20. The Hall–Kier alpha value is -2.00. The number of rotatable bonds is 4. The molecule has 0 aliphatic heterocycles. The van der Waals surface area contributed by atoms with Crippen molar-refractivity contribution >= 4 is 5.69 Å². The minimum absolute atomic E-state index is 0.209. The first-order valence-corrected chi connectivity index (χ1v) is 6.34. The van der Waals surface area contributed by atoms with Crippen molar-refractivity contribution < 1.29 is 4.74 Å². The van der Waals surface area contributed by atoms with Crippen molar-refractivity contribution in [3.8, 4) is 5.75 Å². The van der Waals surface area contributed by atoms with Crippen molar-refractivity contribution in [1.29, 1.82) is 0 Å². The number of para-hydroxylation sites is 1. The summed E-state index contributed by atoms with van der Waals surface area (Å²) in [6.07, 6.45) is 0. The standard InChI is InChI=1S/C16H20N2O/c1-11-8-9-12(14(10-11)18-2)16(17)13-6-4-5-7-15(13)19-3/h4-10,16,18H,17H2,1-3H3. The quantitative estimate of drug-likeness (QED) is 0.883. The van der Waals surface area contributed by atoms with E-state index >= 15 is 0 Å². The largest absolute Gasteiger partial charge is 0.496 e. The molecule has 2 aromatic carbocycles. The molecule has 2 rings (SSSR count). The van der Waals surface area contributed by atoms with Crippen LogP contribution in [-0.4, -0.2) is 14.2 Å². The molecule has 3 N–H and O–H groups in total. The van der Waals surface area contributed by atoms with Gasteiger partial charge >= 0.3 is 0 Å². The van der Waals surface area contributed by atoms with Crippen LogP contribution in [0.5, 0.6) is 5.75 Å². The lowest BCUT2D eigenvalue weighted by molar-refractivity contribution is 0.408. The highest BCUT2D eigenvalue weighted by molar-refractivity contribution is 5.57. The van der Waals surface area contributed by atoms with Gasteiger partial charge in [0, 0.05) is 18.3 Å². The first-order valence-electron chi connectivity index (χ1n) is 6.34. The lowest BCUT2D eigenvalue weighted by Gasteiger charge is -2.19. The van der Waals surface area contributed by atoms with Crippen LogP contribution in [0.1, 0.15) is 22.7 Å². The van der Waals surface area contributed by atoms with Crippen LogP contribution in [0, 0.1) is 6.92 Å². The maximum absolute atomic E-state index is 6.40. The third-order valence-corrected chi connectivity index (χ3v) is 3.29. The molecule has 3 nitrogen and oxygen atoms in total. The zero-order valence-electron chi connectivity index (χ0n) is 11.6. The van der Waals surface area contributed by atoms with E-state index in [-0.39, 0.29) is 6.04 Å². The molecule has 100 valence electrons. The Morgan fingerprint density at radius 2 is 1.84 bits per heavy atom. The highest BCUT2D eigenvalue weighted by atomic mass is 16.5. The predicted molar refractivity (Wildman–Crippen MR) is 79.8 cm³/mol. The van der Waals surface area contributed by atoms with Crippen molar-refractivity contribution in [2.24, 2.45) is 5.73 Å². The van der Waals surface area contributed by atoms with E-state index in [4.69, 9.17) is 10.5 Å². The van der Waals surface area contributed by atoms with Crippen molar-refractivity contribution in [3.63, 3.8) is 0 Å². The molecule has 0 heterocycles. The first kappa shape index (κ1) is 13.4. The third-order valence-electron chi connectivity index (χ3n) is 3.29. The number of ether oxygens (including phenoxy) is 1. The van der Waals surface area contributed by atoms with Crippen molar-refractivity contribution in [3.05, 3.63) is 59.2 Å². The minimum Gasteiger partial charge on any atom is -0.496 e. The van der Waals surface area contributed by atoms with Gasteiger partial charge in [0.15, 0.2) is 0 Å². The molecule has 0 radical (unpaired) electrons. The number of nitrogens with one attached hydrogen (secondary N) is 1. The van der Waals surface area contributed by atoms with Gasteiger partial charge in [0.2, 0.25) is 0 Å². The van der Waals surface area contributed by atoms with Crippen molar-refractivity contribution in [1.82, 2.24) is 0 Å². The van der Waals surface area contributed by atoms with Crippen LogP contribution >= 0.6 is 0 Å². The molecule has 3 heteroatoms. The molecule has 1 atom stereocenters. The molecule has 0 fully saturated rings. The second-order valence-corrected chi connectivity index (χ2v) is 4.56. The van der Waals surface area contributed by atoms with Gasteiger partial charge in [-0.25, -0.2) is 0 Å². The maximum Gasteiger partial charge on any atom is 0.123 e. The van der Waals surface area contributed by atoms with Gasteiger partial charge in [-0.2, -0.15) is 0 Å². The molecule has 0 saturated carbocycles. The van der Waals surface area contributed by atoms with Gasteiger partial charge in [0.1, 0.15) is 5.75 Å². The molecule has 0 bridgehead atoms. The van der Waals surface area contributed by atoms with E-state index in [1.54, 1.807) is 7.11 Å². The molecular formula is C16H20N2O. The van der Waals surface area contributed by atoms with Crippen LogP contribution in [-0.2, 0) is 0 Å². The average molecular weight is 256 g/mol. The second-order valence-electron chi connectivity index (χ2n) is 4.56. The maximum atomic E-state index is 6.40. The third kappa shape index (κ3) is 2.71. The summed E-state index contributed by atoms with van der Waals surface area (Å²) in [6, 6.07) is 13.9. The molecular weight excluding hydrogens is 236 g/mol. The summed E-state index contributed by atoms with van der Waals surface area (Å²) in [5.74, 6) is 0.817. The lowest BCUT2D eigenvalue weighted by atomic mass is 9.96. The van der Waals surface area contributed by atoms with E-state index in [1.807, 2.05) is 31.3 Å². The number of benzene rings is 2. The topological polar surface area (TPSA) is 47.3 Å². The van der Waals surface area contributed by atoms with Crippen LogP contribution in [0.25, 0.3) is 0 Å². The van der Waals surface area contributed by atoms with Crippen LogP contribution in [0.3, 0.4) is 0 Å². The van der Waals surface area contributed by atoms with Crippen molar-refractivity contribution in [2.45, 2.75) is 13.0 Å². The van der Waals surface area contributed by atoms with E-state index in [0.717, 1.165) is 22.6 Å². The number of hydrogen-bond acceptors (Lipinski definition) is 3. The Bertz CT molecular complexity index is 566. The second kappa shape index (κ2) is 5.76. The Balaban J connectivity index is 2.46. The lowest BCUT2D eigenvalue weighted by Crippen LogP contribution is -2.15. The van der Waals surface area contributed by atoms with Gasteiger partial charge < -0.3 is 15.8 Å². The van der Waals surface area contributed by atoms with E-state index in [1.165, 1.54) is 5.56 Å². The summed E-state index contributed by atoms with van der Waals surface area (Å²) in [4.78, 5) is 0. The predicted octanol–water partition coefficient (Wildman–Crippen LogP) is 3.09. The molecule has 1 unspecified atom stereocenters. The smallest absolute Gasteiger partial charge is 0.123 e. The summed E-state index contributed by atoms with van der Waals surface area (Å²) < 4.78 is 5.38. The summed E-state index contributed by atoms with van der Waals surface area (Å²) in [7, 11) is 3.58. The normalized spacial score (nSPS) is 12.0. The number of anilines is 1. The van der Waals surface area contributed by atoms with E-state index < -0.39 is 0 Å². The van der Waals surface area contributed by atoms with Gasteiger partial charge in [-0.15, -0.1) is 0 Å². The van der Waals surface area contributed by atoms with E-state index in [9.17, 15) is 0 Å². The summed E-state index contributed by atoms with van der Waals surface area (Å²) >= 11 is 0.